The van der Waals surface area contributed by atoms with Gasteiger partial charge in [-0.25, -0.2) is 4.39 Å². The second kappa shape index (κ2) is 6.22. The molecule has 0 radical (unpaired) electrons. The summed E-state index contributed by atoms with van der Waals surface area (Å²) in [4.78, 5) is 13.5. The number of carbonyl (C=O) groups excluding carboxylic acids is 1. The molecular weight excluding hydrogens is 257 g/mol. The lowest BCUT2D eigenvalue weighted by atomic mass is 10.1. The van der Waals surface area contributed by atoms with Crippen molar-refractivity contribution in [2.24, 2.45) is 5.73 Å². The van der Waals surface area contributed by atoms with Crippen molar-refractivity contribution >= 4 is 11.6 Å². The maximum Gasteiger partial charge on any atom is 0.240 e. The highest BCUT2D eigenvalue weighted by Gasteiger charge is 2.30. The summed E-state index contributed by atoms with van der Waals surface area (Å²) in [6, 6.07) is 4.74. The highest BCUT2D eigenvalue weighted by Crippen LogP contribution is 2.29. The minimum Gasteiger partial charge on any atom is -0.368 e. The monoisotopic (exact) mass is 279 g/mol. The number of hydrogen-bond donors (Lipinski definition) is 2. The first kappa shape index (κ1) is 14.8. The molecule has 2 rings (SSSR count). The number of nitrogens with two attached hydrogens (primary N) is 1. The van der Waals surface area contributed by atoms with Crippen LogP contribution in [-0.2, 0) is 11.3 Å². The molecule has 1 heterocycles. The third-order valence-electron chi connectivity index (χ3n) is 3.63. The largest absolute Gasteiger partial charge is 0.368 e. The molecule has 0 aliphatic carbocycles. The smallest absolute Gasteiger partial charge is 0.240 e. The van der Waals surface area contributed by atoms with Gasteiger partial charge in [-0.1, -0.05) is 13.8 Å². The van der Waals surface area contributed by atoms with E-state index < -0.39 is 0 Å². The van der Waals surface area contributed by atoms with Crippen molar-refractivity contribution < 1.29 is 9.18 Å². The van der Waals surface area contributed by atoms with E-state index in [9.17, 15) is 9.18 Å². The molecule has 1 aliphatic rings. The molecule has 1 unspecified atom stereocenters. The highest BCUT2D eigenvalue weighted by atomic mass is 19.1. The highest BCUT2D eigenvalue weighted by molar-refractivity contribution is 5.84. The molecule has 20 heavy (non-hydrogen) atoms. The van der Waals surface area contributed by atoms with Gasteiger partial charge in [0.1, 0.15) is 11.9 Å². The Morgan fingerprint density at radius 2 is 2.30 bits per heavy atom. The average Bonchev–Trinajstić information content (AvgIpc) is 2.85. The zero-order valence-corrected chi connectivity index (χ0v) is 12.0. The molecule has 5 heteroatoms. The van der Waals surface area contributed by atoms with Gasteiger partial charge in [-0.05, 0) is 36.6 Å². The van der Waals surface area contributed by atoms with Crippen LogP contribution in [0.2, 0.25) is 0 Å². The third kappa shape index (κ3) is 3.28. The summed E-state index contributed by atoms with van der Waals surface area (Å²) in [6.07, 6.45) is 1.70. The summed E-state index contributed by atoms with van der Waals surface area (Å²) in [5, 5.41) is 3.29. The van der Waals surface area contributed by atoms with Crippen LogP contribution in [0.15, 0.2) is 18.2 Å². The zero-order chi connectivity index (χ0) is 14.7. The van der Waals surface area contributed by atoms with Gasteiger partial charge in [-0.2, -0.15) is 0 Å². The summed E-state index contributed by atoms with van der Waals surface area (Å²) in [5.74, 6) is -0.571. The fraction of sp³-hybridized carbons (Fsp3) is 0.533. The van der Waals surface area contributed by atoms with Gasteiger partial charge in [0.15, 0.2) is 0 Å². The van der Waals surface area contributed by atoms with Crippen molar-refractivity contribution in [3.8, 4) is 0 Å². The van der Waals surface area contributed by atoms with Crippen molar-refractivity contribution in [3.63, 3.8) is 0 Å². The topological polar surface area (TPSA) is 58.4 Å². The standard InChI is InChI=1S/C15H22FN3O/c1-10(2)18-9-11-8-12(16)5-6-13(11)19-7-3-4-14(19)15(17)20/h5-6,8,10,14,18H,3-4,7,9H2,1-2H3,(H2,17,20). The number of nitrogens with one attached hydrogen (secondary N) is 1. The van der Waals surface area contributed by atoms with Crippen LogP contribution in [0.1, 0.15) is 32.3 Å². The number of carbonyl (C=O) groups is 1. The molecule has 1 saturated heterocycles. The molecule has 1 aromatic rings. The van der Waals surface area contributed by atoms with Crippen LogP contribution in [-0.4, -0.2) is 24.5 Å². The molecular formula is C15H22FN3O. The van der Waals surface area contributed by atoms with E-state index in [1.165, 1.54) is 12.1 Å². The van der Waals surface area contributed by atoms with Gasteiger partial charge >= 0.3 is 0 Å². The summed E-state index contributed by atoms with van der Waals surface area (Å²) >= 11 is 0. The van der Waals surface area contributed by atoms with E-state index in [1.54, 1.807) is 6.07 Å². The number of rotatable bonds is 5. The van der Waals surface area contributed by atoms with E-state index in [-0.39, 0.29) is 17.8 Å². The summed E-state index contributed by atoms with van der Waals surface area (Å²) in [6.45, 7) is 5.45. The van der Waals surface area contributed by atoms with E-state index in [2.05, 4.69) is 5.32 Å². The first-order valence-electron chi connectivity index (χ1n) is 7.07. The van der Waals surface area contributed by atoms with E-state index in [0.717, 1.165) is 30.6 Å². The average molecular weight is 279 g/mol. The van der Waals surface area contributed by atoms with Crippen LogP contribution >= 0.6 is 0 Å². The molecule has 0 aromatic heterocycles. The van der Waals surface area contributed by atoms with Crippen LogP contribution in [0.5, 0.6) is 0 Å². The van der Waals surface area contributed by atoms with Gasteiger partial charge in [-0.3, -0.25) is 4.79 Å². The van der Waals surface area contributed by atoms with Crippen LogP contribution in [0, 0.1) is 5.82 Å². The molecule has 0 saturated carbocycles. The second-order valence-corrected chi connectivity index (χ2v) is 5.56. The Balaban J connectivity index is 2.27. The van der Waals surface area contributed by atoms with Gasteiger partial charge in [0.25, 0.3) is 0 Å². The molecule has 110 valence electrons. The van der Waals surface area contributed by atoms with Gasteiger partial charge in [0.2, 0.25) is 5.91 Å². The predicted molar refractivity (Wildman–Crippen MR) is 77.9 cm³/mol. The van der Waals surface area contributed by atoms with Crippen LogP contribution in [0.25, 0.3) is 0 Å². The molecule has 1 amide bonds. The molecule has 1 fully saturated rings. The van der Waals surface area contributed by atoms with Gasteiger partial charge in [0.05, 0.1) is 0 Å². The predicted octanol–water partition coefficient (Wildman–Crippen LogP) is 1.78. The van der Waals surface area contributed by atoms with Crippen molar-refractivity contribution in [1.29, 1.82) is 0 Å². The lowest BCUT2D eigenvalue weighted by Crippen LogP contribution is -2.41. The van der Waals surface area contributed by atoms with E-state index in [1.807, 2.05) is 18.7 Å². The quantitative estimate of drug-likeness (QED) is 0.863. The van der Waals surface area contributed by atoms with E-state index >= 15 is 0 Å². The lowest BCUT2D eigenvalue weighted by Gasteiger charge is -2.27. The Morgan fingerprint density at radius 1 is 1.55 bits per heavy atom. The first-order valence-corrected chi connectivity index (χ1v) is 7.07. The number of amides is 1. The van der Waals surface area contributed by atoms with E-state index in [0.29, 0.717) is 12.6 Å². The maximum absolute atomic E-state index is 13.5. The normalized spacial score (nSPS) is 18.8. The molecule has 1 aliphatic heterocycles. The summed E-state index contributed by atoms with van der Waals surface area (Å²) in [7, 11) is 0. The fourth-order valence-corrected chi connectivity index (χ4v) is 2.64. The Bertz CT molecular complexity index is 490. The second-order valence-electron chi connectivity index (χ2n) is 5.56. The Hall–Kier alpha value is -1.62. The summed E-state index contributed by atoms with van der Waals surface area (Å²) < 4.78 is 13.5. The molecule has 1 aromatic carbocycles. The minimum atomic E-state index is -0.311. The lowest BCUT2D eigenvalue weighted by molar-refractivity contribution is -0.119. The number of benzene rings is 1. The fourth-order valence-electron chi connectivity index (χ4n) is 2.64. The Morgan fingerprint density at radius 3 is 2.95 bits per heavy atom. The minimum absolute atomic E-state index is 0.260. The number of halogens is 1. The number of hydrogen-bond acceptors (Lipinski definition) is 3. The summed E-state index contributed by atoms with van der Waals surface area (Å²) in [5.41, 5.74) is 7.23. The number of nitrogens with zero attached hydrogens (tertiary/aromatic N) is 1. The molecule has 1 atom stereocenters. The zero-order valence-electron chi connectivity index (χ0n) is 12.0. The van der Waals surface area contributed by atoms with Crippen LogP contribution in [0.4, 0.5) is 10.1 Å². The number of anilines is 1. The van der Waals surface area contributed by atoms with Gasteiger partial charge < -0.3 is 16.0 Å². The number of primary amides is 1. The van der Waals surface area contributed by atoms with E-state index in [4.69, 9.17) is 5.73 Å². The first-order chi connectivity index (χ1) is 9.49. The maximum atomic E-state index is 13.5. The van der Waals surface area contributed by atoms with Crippen molar-refractivity contribution in [2.45, 2.75) is 45.3 Å². The third-order valence-corrected chi connectivity index (χ3v) is 3.63. The van der Waals surface area contributed by atoms with Gasteiger partial charge in [0, 0.05) is 24.8 Å². The van der Waals surface area contributed by atoms with Gasteiger partial charge in [-0.15, -0.1) is 0 Å². The van der Waals surface area contributed by atoms with Crippen molar-refractivity contribution in [2.75, 3.05) is 11.4 Å². The molecule has 4 nitrogen and oxygen atoms in total. The SMILES string of the molecule is CC(C)NCc1cc(F)ccc1N1CCCC1C(N)=O. The van der Waals surface area contributed by atoms with Crippen molar-refractivity contribution in [1.82, 2.24) is 5.32 Å². The molecule has 3 N–H and O–H groups in total. The Labute approximate surface area is 119 Å². The van der Waals surface area contributed by atoms with Crippen molar-refractivity contribution in [3.05, 3.63) is 29.6 Å². The van der Waals surface area contributed by atoms with Crippen LogP contribution < -0.4 is 16.0 Å². The molecule has 0 bridgehead atoms. The Kier molecular flexibility index (Phi) is 4.60. The van der Waals surface area contributed by atoms with Crippen LogP contribution in [0.3, 0.4) is 0 Å². The molecule has 0 spiro atoms.